The highest BCUT2D eigenvalue weighted by Crippen LogP contribution is 2.23. The maximum absolute atomic E-state index is 6.15. The number of halogens is 3. The van der Waals surface area contributed by atoms with E-state index in [0.717, 1.165) is 24.3 Å². The number of nitrogens with one attached hydrogen (secondary N) is 1. The molecule has 2 nitrogen and oxygen atoms in total. The Labute approximate surface area is 160 Å². The van der Waals surface area contributed by atoms with Crippen LogP contribution in [0.4, 0.5) is 0 Å². The molecule has 0 spiro atoms. The Morgan fingerprint density at radius 2 is 1.71 bits per heavy atom. The van der Waals surface area contributed by atoms with Crippen LogP contribution in [0, 0.1) is 0 Å². The Kier molecular flexibility index (Phi) is 8.38. The number of benzene rings is 2. The highest BCUT2D eigenvalue weighted by Gasteiger charge is 2.13. The van der Waals surface area contributed by atoms with Gasteiger partial charge in [0, 0.05) is 27.7 Å². The molecule has 5 heteroatoms. The molecule has 2 aromatic rings. The van der Waals surface area contributed by atoms with Crippen molar-refractivity contribution >= 4 is 35.6 Å². The maximum Gasteiger partial charge on any atom is 0.119 e. The van der Waals surface area contributed by atoms with E-state index >= 15 is 0 Å². The Bertz CT molecular complexity index is 642. The van der Waals surface area contributed by atoms with Gasteiger partial charge in [-0.15, -0.1) is 12.4 Å². The lowest BCUT2D eigenvalue weighted by Gasteiger charge is -2.24. The van der Waals surface area contributed by atoms with Gasteiger partial charge < -0.3 is 10.1 Å². The van der Waals surface area contributed by atoms with Gasteiger partial charge in [-0.25, -0.2) is 0 Å². The molecule has 0 aliphatic rings. The minimum atomic E-state index is 0. The third kappa shape index (κ3) is 6.52. The van der Waals surface area contributed by atoms with Crippen LogP contribution < -0.4 is 10.1 Å². The van der Waals surface area contributed by atoms with Crippen LogP contribution in [-0.2, 0) is 13.2 Å². The van der Waals surface area contributed by atoms with E-state index in [1.54, 1.807) is 6.07 Å². The van der Waals surface area contributed by atoms with E-state index in [2.05, 4.69) is 38.2 Å². The number of hydrogen-bond acceptors (Lipinski definition) is 2. The first-order chi connectivity index (χ1) is 10.9. The smallest absolute Gasteiger partial charge is 0.119 e. The average Bonchev–Trinajstić information content (AvgIpc) is 2.53. The Morgan fingerprint density at radius 1 is 1.04 bits per heavy atom. The van der Waals surface area contributed by atoms with Gasteiger partial charge in [0.05, 0.1) is 0 Å². The average molecular weight is 389 g/mol. The fourth-order valence-corrected chi connectivity index (χ4v) is 2.43. The third-order valence-corrected chi connectivity index (χ3v) is 4.57. The van der Waals surface area contributed by atoms with Gasteiger partial charge in [0.1, 0.15) is 12.4 Å². The molecule has 0 aliphatic carbocycles. The zero-order chi connectivity index (χ0) is 16.9. The van der Waals surface area contributed by atoms with Crippen molar-refractivity contribution in [3.05, 3.63) is 63.6 Å². The predicted molar refractivity (Wildman–Crippen MR) is 106 cm³/mol. The highest BCUT2D eigenvalue weighted by atomic mass is 35.5. The van der Waals surface area contributed by atoms with Crippen LogP contribution in [0.2, 0.25) is 10.0 Å². The summed E-state index contributed by atoms with van der Waals surface area (Å²) < 4.78 is 5.79. The topological polar surface area (TPSA) is 21.3 Å². The van der Waals surface area contributed by atoms with E-state index < -0.39 is 0 Å². The largest absolute Gasteiger partial charge is 0.489 e. The molecule has 24 heavy (non-hydrogen) atoms. The Hall–Kier alpha value is -0.930. The van der Waals surface area contributed by atoms with E-state index in [1.807, 2.05) is 24.3 Å². The van der Waals surface area contributed by atoms with E-state index in [1.165, 1.54) is 5.56 Å². The predicted octanol–water partition coefficient (Wildman–Crippen LogP) is 6.27. The monoisotopic (exact) mass is 387 g/mol. The second-order valence-corrected chi connectivity index (χ2v) is 7.10. The van der Waals surface area contributed by atoms with Crippen molar-refractivity contribution in [3.63, 3.8) is 0 Å². The van der Waals surface area contributed by atoms with Gasteiger partial charge in [-0.2, -0.15) is 0 Å². The molecule has 0 saturated carbocycles. The Morgan fingerprint density at radius 3 is 2.29 bits per heavy atom. The van der Waals surface area contributed by atoms with Crippen molar-refractivity contribution in [1.82, 2.24) is 5.32 Å². The number of hydrogen-bond donors (Lipinski definition) is 1. The van der Waals surface area contributed by atoms with E-state index in [9.17, 15) is 0 Å². The third-order valence-electron chi connectivity index (χ3n) is 3.99. The van der Waals surface area contributed by atoms with Crippen LogP contribution in [0.5, 0.6) is 5.75 Å². The van der Waals surface area contributed by atoms with Gasteiger partial charge in [0.15, 0.2) is 0 Å². The quantitative estimate of drug-likeness (QED) is 0.603. The molecule has 0 fully saturated rings. The molecule has 1 N–H and O–H groups in total. The molecule has 0 amide bonds. The van der Waals surface area contributed by atoms with Crippen molar-refractivity contribution in [2.24, 2.45) is 0 Å². The molecule has 0 unspecified atom stereocenters. The van der Waals surface area contributed by atoms with E-state index in [0.29, 0.717) is 16.7 Å². The van der Waals surface area contributed by atoms with Crippen LogP contribution in [0.25, 0.3) is 0 Å². The summed E-state index contributed by atoms with van der Waals surface area (Å²) in [7, 11) is 0. The summed E-state index contributed by atoms with van der Waals surface area (Å²) in [6.07, 6.45) is 1.09. The molecule has 0 heterocycles. The first-order valence-corrected chi connectivity index (χ1v) is 8.56. The maximum atomic E-state index is 6.15. The van der Waals surface area contributed by atoms with Crippen LogP contribution in [0.1, 0.15) is 38.3 Å². The molecular formula is C19H24Cl3NO. The number of ether oxygens (including phenoxy) is 1. The van der Waals surface area contributed by atoms with Crippen molar-refractivity contribution in [2.45, 2.75) is 45.9 Å². The molecule has 132 valence electrons. The molecule has 0 bridgehead atoms. The molecule has 0 radical (unpaired) electrons. The lowest BCUT2D eigenvalue weighted by atomic mass is 10.0. The lowest BCUT2D eigenvalue weighted by Crippen LogP contribution is -2.37. The van der Waals surface area contributed by atoms with Crippen molar-refractivity contribution < 1.29 is 4.74 Å². The lowest BCUT2D eigenvalue weighted by molar-refractivity contribution is 0.306. The minimum Gasteiger partial charge on any atom is -0.489 e. The van der Waals surface area contributed by atoms with Crippen LogP contribution >= 0.6 is 35.6 Å². The summed E-state index contributed by atoms with van der Waals surface area (Å²) in [5, 5.41) is 4.80. The highest BCUT2D eigenvalue weighted by molar-refractivity contribution is 6.35. The normalized spacial score (nSPS) is 11.0. The van der Waals surface area contributed by atoms with Gasteiger partial charge in [-0.1, -0.05) is 48.3 Å². The summed E-state index contributed by atoms with van der Waals surface area (Å²) in [4.78, 5) is 0. The fourth-order valence-electron chi connectivity index (χ4n) is 1.97. The summed E-state index contributed by atoms with van der Waals surface area (Å²) in [5.41, 5.74) is 2.32. The van der Waals surface area contributed by atoms with Crippen LogP contribution in [0.15, 0.2) is 42.5 Å². The first-order valence-electron chi connectivity index (χ1n) is 7.80. The zero-order valence-electron chi connectivity index (χ0n) is 14.2. The standard InChI is InChI=1S/C19H23Cl2NO.ClH/c1-4-19(2,3)22-12-14-5-9-17(10-6-14)23-13-15-7-8-16(20)11-18(15)21;/h5-11,22H,4,12-13H2,1-3H3;1H. The second-order valence-electron chi connectivity index (χ2n) is 6.26. The summed E-state index contributed by atoms with van der Waals surface area (Å²) in [6.45, 7) is 7.88. The second kappa shape index (κ2) is 9.53. The molecule has 0 saturated heterocycles. The van der Waals surface area contributed by atoms with Gasteiger partial charge in [0.2, 0.25) is 0 Å². The van der Waals surface area contributed by atoms with Crippen molar-refractivity contribution in [3.8, 4) is 5.75 Å². The molecule has 0 aromatic heterocycles. The van der Waals surface area contributed by atoms with E-state index in [-0.39, 0.29) is 17.9 Å². The van der Waals surface area contributed by atoms with Gasteiger partial charge in [0.25, 0.3) is 0 Å². The summed E-state index contributed by atoms with van der Waals surface area (Å²) in [6, 6.07) is 13.6. The fraction of sp³-hybridized carbons (Fsp3) is 0.368. The molecular weight excluding hydrogens is 365 g/mol. The first kappa shape index (κ1) is 21.1. The van der Waals surface area contributed by atoms with Crippen molar-refractivity contribution in [2.75, 3.05) is 0 Å². The van der Waals surface area contributed by atoms with E-state index in [4.69, 9.17) is 27.9 Å². The minimum absolute atomic E-state index is 0. The van der Waals surface area contributed by atoms with Gasteiger partial charge in [-0.05, 0) is 50.1 Å². The van der Waals surface area contributed by atoms with Crippen LogP contribution in [0.3, 0.4) is 0 Å². The van der Waals surface area contributed by atoms with Gasteiger partial charge in [-0.3, -0.25) is 0 Å². The SMILES string of the molecule is CCC(C)(C)NCc1ccc(OCc2ccc(Cl)cc2Cl)cc1.Cl. The molecule has 2 aromatic carbocycles. The molecule has 0 atom stereocenters. The summed E-state index contributed by atoms with van der Waals surface area (Å²) in [5.74, 6) is 0.828. The van der Waals surface area contributed by atoms with Crippen LogP contribution in [-0.4, -0.2) is 5.54 Å². The number of rotatable bonds is 7. The van der Waals surface area contributed by atoms with Gasteiger partial charge >= 0.3 is 0 Å². The van der Waals surface area contributed by atoms with Crippen molar-refractivity contribution in [1.29, 1.82) is 0 Å². The molecule has 0 aliphatic heterocycles. The summed E-state index contributed by atoms with van der Waals surface area (Å²) >= 11 is 12.0. The molecule has 2 rings (SSSR count). The Balaban J connectivity index is 0.00000288. The zero-order valence-corrected chi connectivity index (χ0v) is 16.6.